The predicted octanol–water partition coefficient (Wildman–Crippen LogP) is 1.82. The van der Waals surface area contributed by atoms with Gasteiger partial charge in [0.2, 0.25) is 11.8 Å². The number of aromatic nitrogens is 3. The van der Waals surface area contributed by atoms with Gasteiger partial charge in [0.05, 0.1) is 5.75 Å². The molecular weight excluding hydrogens is 428 g/mol. The van der Waals surface area contributed by atoms with Crippen molar-refractivity contribution in [2.24, 2.45) is 0 Å². The number of hydrogen-bond acceptors (Lipinski definition) is 6. The first-order valence-corrected chi connectivity index (χ1v) is 11.1. The molecule has 1 fully saturated rings. The molecule has 1 atom stereocenters. The number of carbonyl (C=O) groups excluding carboxylic acids is 3. The summed E-state index contributed by atoms with van der Waals surface area (Å²) in [5.41, 5.74) is 1.87. The van der Waals surface area contributed by atoms with Crippen LogP contribution in [0.15, 0.2) is 65.8 Å². The van der Waals surface area contributed by atoms with Crippen molar-refractivity contribution in [1.82, 2.24) is 30.7 Å². The minimum absolute atomic E-state index is 0.112. The molecular formula is C22H22N6O3S. The molecule has 0 aliphatic carbocycles. The van der Waals surface area contributed by atoms with Crippen LogP contribution >= 0.6 is 11.8 Å². The van der Waals surface area contributed by atoms with Crippen LogP contribution in [0, 0.1) is 0 Å². The van der Waals surface area contributed by atoms with Crippen molar-refractivity contribution in [3.05, 3.63) is 72.1 Å². The molecule has 0 radical (unpaired) electrons. The standard InChI is InChI=1S/C22H22N6O3S/c29-19-12-16(24-21(31)25-19)11-18-26-27-22(28(18)17-9-5-2-6-10-17)32-14-20(30)23-13-15-7-3-1-4-8-15/h1-10,16H,11-14H2,(H,23,30)(H2,24,25,29,31). The fourth-order valence-electron chi connectivity index (χ4n) is 3.36. The molecule has 0 bridgehead atoms. The van der Waals surface area contributed by atoms with Gasteiger partial charge in [-0.1, -0.05) is 60.3 Å². The second-order valence-corrected chi connectivity index (χ2v) is 8.19. The van der Waals surface area contributed by atoms with Crippen LogP contribution in [0.5, 0.6) is 0 Å². The first kappa shape index (κ1) is 21.6. The van der Waals surface area contributed by atoms with Gasteiger partial charge in [-0.3, -0.25) is 19.5 Å². The highest BCUT2D eigenvalue weighted by molar-refractivity contribution is 7.99. The van der Waals surface area contributed by atoms with Crippen LogP contribution in [0.25, 0.3) is 5.69 Å². The fraction of sp³-hybridized carbons (Fsp3) is 0.227. The average molecular weight is 451 g/mol. The number of urea groups is 1. The summed E-state index contributed by atoms with van der Waals surface area (Å²) in [6.07, 6.45) is 0.500. The van der Waals surface area contributed by atoms with Gasteiger partial charge in [0.15, 0.2) is 5.16 Å². The van der Waals surface area contributed by atoms with Gasteiger partial charge in [-0.25, -0.2) is 4.79 Å². The largest absolute Gasteiger partial charge is 0.351 e. The molecule has 1 saturated heterocycles. The highest BCUT2D eigenvalue weighted by atomic mass is 32.2. The van der Waals surface area contributed by atoms with Gasteiger partial charge in [0.1, 0.15) is 5.82 Å². The van der Waals surface area contributed by atoms with Crippen molar-refractivity contribution in [3.63, 3.8) is 0 Å². The van der Waals surface area contributed by atoms with Crippen molar-refractivity contribution >= 4 is 29.6 Å². The number of hydrogen-bond donors (Lipinski definition) is 3. The smallest absolute Gasteiger partial charge is 0.321 e. The Morgan fingerprint density at radius 3 is 2.50 bits per heavy atom. The van der Waals surface area contributed by atoms with Gasteiger partial charge in [-0.05, 0) is 17.7 Å². The number of amides is 4. The van der Waals surface area contributed by atoms with E-state index in [1.807, 2.05) is 65.2 Å². The van der Waals surface area contributed by atoms with Crippen LogP contribution in [0.1, 0.15) is 17.8 Å². The number of thioether (sulfide) groups is 1. The fourth-order valence-corrected chi connectivity index (χ4v) is 4.16. The molecule has 1 aliphatic heterocycles. The van der Waals surface area contributed by atoms with Crippen LogP contribution in [-0.4, -0.2) is 44.4 Å². The summed E-state index contributed by atoms with van der Waals surface area (Å²) >= 11 is 1.28. The van der Waals surface area contributed by atoms with Crippen molar-refractivity contribution < 1.29 is 14.4 Å². The first-order valence-electron chi connectivity index (χ1n) is 10.1. The van der Waals surface area contributed by atoms with E-state index in [1.54, 1.807) is 0 Å². The number of benzene rings is 2. The molecule has 3 N–H and O–H groups in total. The van der Waals surface area contributed by atoms with Gasteiger partial charge >= 0.3 is 6.03 Å². The van der Waals surface area contributed by atoms with Crippen LogP contribution < -0.4 is 16.0 Å². The van der Waals surface area contributed by atoms with E-state index in [0.29, 0.717) is 23.9 Å². The van der Waals surface area contributed by atoms with E-state index < -0.39 is 6.03 Å². The van der Waals surface area contributed by atoms with Crippen molar-refractivity contribution in [3.8, 4) is 5.69 Å². The molecule has 4 rings (SSSR count). The molecule has 1 aromatic heterocycles. The maximum Gasteiger partial charge on any atom is 0.321 e. The van der Waals surface area contributed by atoms with E-state index in [4.69, 9.17) is 0 Å². The second-order valence-electron chi connectivity index (χ2n) is 7.25. The zero-order chi connectivity index (χ0) is 22.3. The third kappa shape index (κ3) is 5.52. The summed E-state index contributed by atoms with van der Waals surface area (Å²) in [5, 5.41) is 17.0. The first-order chi connectivity index (χ1) is 15.6. The molecule has 3 aromatic rings. The van der Waals surface area contributed by atoms with Gasteiger partial charge in [0.25, 0.3) is 0 Å². The maximum absolute atomic E-state index is 12.4. The normalized spacial score (nSPS) is 15.7. The van der Waals surface area contributed by atoms with Crippen molar-refractivity contribution in [2.45, 2.75) is 30.6 Å². The number of carbonyl (C=O) groups is 3. The topological polar surface area (TPSA) is 118 Å². The lowest BCUT2D eigenvalue weighted by atomic mass is 10.1. The Bertz CT molecular complexity index is 1090. The highest BCUT2D eigenvalue weighted by Crippen LogP contribution is 2.23. The van der Waals surface area contributed by atoms with Crippen LogP contribution in [0.4, 0.5) is 4.79 Å². The molecule has 2 heterocycles. The van der Waals surface area contributed by atoms with Gasteiger partial charge in [-0.15, -0.1) is 10.2 Å². The summed E-state index contributed by atoms with van der Waals surface area (Å²) in [4.78, 5) is 35.7. The zero-order valence-electron chi connectivity index (χ0n) is 17.2. The van der Waals surface area contributed by atoms with Crippen LogP contribution in [0.3, 0.4) is 0 Å². The summed E-state index contributed by atoms with van der Waals surface area (Å²) in [5.74, 6) is 0.345. The predicted molar refractivity (Wildman–Crippen MR) is 119 cm³/mol. The van der Waals surface area contributed by atoms with Crippen molar-refractivity contribution in [2.75, 3.05) is 5.75 Å². The minimum Gasteiger partial charge on any atom is -0.351 e. The highest BCUT2D eigenvalue weighted by Gasteiger charge is 2.26. The molecule has 0 spiro atoms. The van der Waals surface area contributed by atoms with Gasteiger partial charge < -0.3 is 10.6 Å². The summed E-state index contributed by atoms with van der Waals surface area (Å²) in [6, 6.07) is 18.3. The Labute approximate surface area is 189 Å². The lowest BCUT2D eigenvalue weighted by Gasteiger charge is -2.23. The number of para-hydroxylation sites is 1. The second kappa shape index (κ2) is 10.1. The van der Waals surface area contributed by atoms with Crippen LogP contribution in [-0.2, 0) is 22.6 Å². The summed E-state index contributed by atoms with van der Waals surface area (Å²) in [6.45, 7) is 0.459. The Hall–Kier alpha value is -3.66. The van der Waals surface area contributed by atoms with E-state index in [9.17, 15) is 14.4 Å². The number of imide groups is 1. The Morgan fingerprint density at radius 2 is 1.78 bits per heavy atom. The minimum atomic E-state index is -0.512. The quantitative estimate of drug-likeness (QED) is 0.451. The SMILES string of the molecule is O=C(CSc1nnc(CC2CC(=O)NC(=O)N2)n1-c1ccccc1)NCc1ccccc1. The van der Waals surface area contributed by atoms with E-state index in [2.05, 4.69) is 26.1 Å². The molecule has 32 heavy (non-hydrogen) atoms. The molecule has 4 amide bonds. The maximum atomic E-state index is 12.4. The van der Waals surface area contributed by atoms with E-state index in [0.717, 1.165) is 11.3 Å². The Balaban J connectivity index is 1.46. The zero-order valence-corrected chi connectivity index (χ0v) is 18.0. The Kier molecular flexibility index (Phi) is 6.81. The molecule has 10 heteroatoms. The Morgan fingerprint density at radius 1 is 1.06 bits per heavy atom. The number of nitrogens with zero attached hydrogens (tertiary/aromatic N) is 3. The van der Waals surface area contributed by atoms with E-state index >= 15 is 0 Å². The average Bonchev–Trinajstić information content (AvgIpc) is 3.19. The van der Waals surface area contributed by atoms with E-state index in [1.165, 1.54) is 11.8 Å². The summed E-state index contributed by atoms with van der Waals surface area (Å²) < 4.78 is 1.85. The van der Waals surface area contributed by atoms with Gasteiger partial charge in [0, 0.05) is 31.1 Å². The summed E-state index contributed by atoms with van der Waals surface area (Å²) in [7, 11) is 0. The third-order valence-corrected chi connectivity index (χ3v) is 5.76. The molecule has 1 aliphatic rings. The molecule has 164 valence electrons. The van der Waals surface area contributed by atoms with E-state index in [-0.39, 0.29) is 30.0 Å². The molecule has 9 nitrogen and oxygen atoms in total. The van der Waals surface area contributed by atoms with Gasteiger partial charge in [-0.2, -0.15) is 0 Å². The van der Waals surface area contributed by atoms with Crippen LogP contribution in [0.2, 0.25) is 0 Å². The molecule has 2 aromatic carbocycles. The van der Waals surface area contributed by atoms with Crippen molar-refractivity contribution in [1.29, 1.82) is 0 Å². The monoisotopic (exact) mass is 450 g/mol. The lowest BCUT2D eigenvalue weighted by Crippen LogP contribution is -2.53. The molecule has 0 saturated carbocycles. The third-order valence-electron chi connectivity index (χ3n) is 4.83. The lowest BCUT2D eigenvalue weighted by molar-refractivity contribution is -0.121. The molecule has 1 unspecified atom stereocenters. The number of rotatable bonds is 8. The number of nitrogens with one attached hydrogen (secondary N) is 3.